The number of piperazine rings is 1. The number of hydrogen-bond acceptors (Lipinski definition) is 3. The first-order valence-electron chi connectivity index (χ1n) is 7.51. The fourth-order valence-electron chi connectivity index (χ4n) is 2.70. The van der Waals surface area contributed by atoms with E-state index in [1.54, 1.807) is 0 Å². The molecule has 1 atom stereocenters. The van der Waals surface area contributed by atoms with E-state index in [9.17, 15) is 0 Å². The molecule has 4 heteroatoms. The summed E-state index contributed by atoms with van der Waals surface area (Å²) < 4.78 is 0. The smallest absolute Gasteiger partial charge is 0.0447 e. The van der Waals surface area contributed by atoms with Crippen molar-refractivity contribution in [2.24, 2.45) is 0 Å². The molecule has 118 valence electrons. The zero-order valence-electron chi connectivity index (χ0n) is 13.1. The summed E-state index contributed by atoms with van der Waals surface area (Å²) in [5.74, 6) is 0. The van der Waals surface area contributed by atoms with Crippen molar-refractivity contribution in [3.05, 3.63) is 59.2 Å². The molecule has 22 heavy (non-hydrogen) atoms. The van der Waals surface area contributed by atoms with Crippen molar-refractivity contribution in [3.8, 4) is 0 Å². The summed E-state index contributed by atoms with van der Waals surface area (Å²) in [5, 5.41) is 6.98. The normalized spacial score (nSPS) is 17.8. The molecule has 0 spiro atoms. The molecular formula is C18H23ClN2S. The van der Waals surface area contributed by atoms with Gasteiger partial charge in [-0.2, -0.15) is 0 Å². The first-order valence-corrected chi connectivity index (χ1v) is 8.33. The van der Waals surface area contributed by atoms with Crippen LogP contribution in [0.25, 0.3) is 0 Å². The predicted octanol–water partition coefficient (Wildman–Crippen LogP) is 4.11. The van der Waals surface area contributed by atoms with Crippen LogP contribution in [-0.2, 0) is 0 Å². The van der Waals surface area contributed by atoms with Crippen molar-refractivity contribution in [1.29, 1.82) is 0 Å². The molecule has 0 radical (unpaired) electrons. The van der Waals surface area contributed by atoms with Crippen LogP contribution in [0.15, 0.2) is 52.3 Å². The molecule has 0 unspecified atom stereocenters. The van der Waals surface area contributed by atoms with Crippen LogP contribution in [0.1, 0.15) is 22.7 Å². The average Bonchev–Trinajstić information content (AvgIpc) is 2.52. The third-order valence-corrected chi connectivity index (χ3v) is 5.07. The molecule has 0 aromatic heterocycles. The van der Waals surface area contributed by atoms with E-state index in [0.717, 1.165) is 19.6 Å². The quantitative estimate of drug-likeness (QED) is 0.883. The van der Waals surface area contributed by atoms with Crippen molar-refractivity contribution in [1.82, 2.24) is 10.6 Å². The van der Waals surface area contributed by atoms with Crippen LogP contribution in [0.5, 0.6) is 0 Å². The summed E-state index contributed by atoms with van der Waals surface area (Å²) in [5.41, 5.74) is 4.04. The monoisotopic (exact) mass is 334 g/mol. The van der Waals surface area contributed by atoms with Gasteiger partial charge in [0.2, 0.25) is 0 Å². The van der Waals surface area contributed by atoms with E-state index in [1.807, 2.05) is 11.8 Å². The van der Waals surface area contributed by atoms with Gasteiger partial charge in [0.05, 0.1) is 0 Å². The van der Waals surface area contributed by atoms with E-state index in [0.29, 0.717) is 6.04 Å². The summed E-state index contributed by atoms with van der Waals surface area (Å²) in [6.07, 6.45) is 0. The Balaban J connectivity index is 0.00000176. The molecule has 0 bridgehead atoms. The van der Waals surface area contributed by atoms with Crippen molar-refractivity contribution in [2.45, 2.75) is 29.7 Å². The highest BCUT2D eigenvalue weighted by Crippen LogP contribution is 2.31. The molecule has 1 saturated heterocycles. The van der Waals surface area contributed by atoms with E-state index in [-0.39, 0.29) is 12.4 Å². The topological polar surface area (TPSA) is 24.1 Å². The first-order chi connectivity index (χ1) is 10.2. The second kappa shape index (κ2) is 8.02. The Morgan fingerprint density at radius 3 is 2.41 bits per heavy atom. The summed E-state index contributed by atoms with van der Waals surface area (Å²) in [6.45, 7) is 7.45. The standard InChI is InChI=1S/C18H22N2S.ClH/c1-13-3-8-18(14(2)11-13)21-16-6-4-15(5-7-16)17-12-19-9-10-20-17;/h3-8,11,17,19-20H,9-10,12H2,1-2H3;1H/t17-;/m1./s1. The van der Waals surface area contributed by atoms with Crippen molar-refractivity contribution in [2.75, 3.05) is 19.6 Å². The molecule has 1 aliphatic rings. The molecular weight excluding hydrogens is 312 g/mol. The average molecular weight is 335 g/mol. The van der Waals surface area contributed by atoms with Crippen LogP contribution in [-0.4, -0.2) is 19.6 Å². The number of halogens is 1. The number of nitrogens with one attached hydrogen (secondary N) is 2. The fourth-order valence-corrected chi connectivity index (χ4v) is 3.58. The van der Waals surface area contributed by atoms with Gasteiger partial charge in [-0.05, 0) is 43.2 Å². The van der Waals surface area contributed by atoms with Gasteiger partial charge in [0.1, 0.15) is 0 Å². The van der Waals surface area contributed by atoms with Crippen LogP contribution in [0.2, 0.25) is 0 Å². The Kier molecular flexibility index (Phi) is 6.33. The fraction of sp³-hybridized carbons (Fsp3) is 0.333. The van der Waals surface area contributed by atoms with E-state index < -0.39 is 0 Å². The summed E-state index contributed by atoms with van der Waals surface area (Å²) in [4.78, 5) is 2.64. The van der Waals surface area contributed by atoms with Gasteiger partial charge >= 0.3 is 0 Å². The molecule has 0 amide bonds. The molecule has 0 saturated carbocycles. The number of benzene rings is 2. The van der Waals surface area contributed by atoms with Gasteiger partial charge in [-0.15, -0.1) is 12.4 Å². The minimum atomic E-state index is 0. The number of aryl methyl sites for hydroxylation is 2. The molecule has 0 aliphatic carbocycles. The van der Waals surface area contributed by atoms with Gasteiger partial charge in [0, 0.05) is 35.5 Å². The molecule has 1 fully saturated rings. The van der Waals surface area contributed by atoms with E-state index in [2.05, 4.69) is 66.9 Å². The Bertz CT molecular complexity index is 607. The molecule has 2 N–H and O–H groups in total. The van der Waals surface area contributed by atoms with Crippen molar-refractivity contribution in [3.63, 3.8) is 0 Å². The second-order valence-electron chi connectivity index (χ2n) is 5.65. The Labute approximate surface area is 143 Å². The van der Waals surface area contributed by atoms with Crippen LogP contribution >= 0.6 is 24.2 Å². The van der Waals surface area contributed by atoms with Gasteiger partial charge in [-0.3, -0.25) is 0 Å². The lowest BCUT2D eigenvalue weighted by atomic mass is 10.1. The van der Waals surface area contributed by atoms with Gasteiger partial charge < -0.3 is 10.6 Å². The summed E-state index contributed by atoms with van der Waals surface area (Å²) >= 11 is 1.84. The third-order valence-electron chi connectivity index (χ3n) is 3.88. The SMILES string of the molecule is Cc1ccc(Sc2ccc([C@H]3CNCCN3)cc2)c(C)c1.Cl. The Morgan fingerprint density at radius 1 is 1.00 bits per heavy atom. The zero-order valence-corrected chi connectivity index (χ0v) is 14.7. The third kappa shape index (κ3) is 4.26. The molecule has 3 rings (SSSR count). The van der Waals surface area contributed by atoms with Crippen LogP contribution in [0, 0.1) is 13.8 Å². The van der Waals surface area contributed by atoms with Gasteiger partial charge in [0.25, 0.3) is 0 Å². The minimum Gasteiger partial charge on any atom is -0.314 e. The molecule has 1 heterocycles. The summed E-state index contributed by atoms with van der Waals surface area (Å²) in [6, 6.07) is 16.0. The lowest BCUT2D eigenvalue weighted by molar-refractivity contribution is 0.430. The van der Waals surface area contributed by atoms with Crippen LogP contribution < -0.4 is 10.6 Å². The predicted molar refractivity (Wildman–Crippen MR) is 97.3 cm³/mol. The molecule has 2 aromatic rings. The highest BCUT2D eigenvalue weighted by molar-refractivity contribution is 7.99. The number of hydrogen-bond donors (Lipinski definition) is 2. The first kappa shape index (κ1) is 17.4. The van der Waals surface area contributed by atoms with E-state index in [1.165, 1.54) is 26.5 Å². The zero-order chi connectivity index (χ0) is 14.7. The minimum absolute atomic E-state index is 0. The highest BCUT2D eigenvalue weighted by Gasteiger charge is 2.13. The lowest BCUT2D eigenvalue weighted by Gasteiger charge is -2.25. The van der Waals surface area contributed by atoms with Crippen molar-refractivity contribution < 1.29 is 0 Å². The van der Waals surface area contributed by atoms with Crippen LogP contribution in [0.3, 0.4) is 0 Å². The maximum atomic E-state index is 3.55. The number of rotatable bonds is 3. The van der Waals surface area contributed by atoms with E-state index in [4.69, 9.17) is 0 Å². The molecule has 2 aromatic carbocycles. The van der Waals surface area contributed by atoms with Crippen LogP contribution in [0.4, 0.5) is 0 Å². The Morgan fingerprint density at radius 2 is 1.77 bits per heavy atom. The Hall–Kier alpha value is -1.00. The summed E-state index contributed by atoms with van der Waals surface area (Å²) in [7, 11) is 0. The van der Waals surface area contributed by atoms with Crippen molar-refractivity contribution >= 4 is 24.2 Å². The maximum absolute atomic E-state index is 3.55. The lowest BCUT2D eigenvalue weighted by Crippen LogP contribution is -2.42. The van der Waals surface area contributed by atoms with Gasteiger partial charge in [-0.25, -0.2) is 0 Å². The van der Waals surface area contributed by atoms with Gasteiger partial charge in [0.15, 0.2) is 0 Å². The van der Waals surface area contributed by atoms with Gasteiger partial charge in [-0.1, -0.05) is 41.6 Å². The second-order valence-corrected chi connectivity index (χ2v) is 6.77. The maximum Gasteiger partial charge on any atom is 0.0447 e. The molecule has 1 aliphatic heterocycles. The highest BCUT2D eigenvalue weighted by atomic mass is 35.5. The molecule has 2 nitrogen and oxygen atoms in total. The van der Waals surface area contributed by atoms with E-state index >= 15 is 0 Å². The largest absolute Gasteiger partial charge is 0.314 e.